The van der Waals surface area contributed by atoms with E-state index >= 15 is 0 Å². The number of benzene rings is 2. The molecule has 0 aliphatic rings. The van der Waals surface area contributed by atoms with Crippen LogP contribution in [-0.2, 0) is 14.3 Å². The molecule has 0 spiro atoms. The van der Waals surface area contributed by atoms with Gasteiger partial charge >= 0.3 is 5.97 Å². The second kappa shape index (κ2) is 9.26. The maximum absolute atomic E-state index is 12.1. The van der Waals surface area contributed by atoms with Gasteiger partial charge in [-0.1, -0.05) is 11.6 Å². The molecule has 2 rings (SSSR count). The number of hydrogen-bond acceptors (Lipinski definition) is 5. The first kappa shape index (κ1) is 19.8. The van der Waals surface area contributed by atoms with Crippen molar-refractivity contribution in [2.75, 3.05) is 11.1 Å². The molecule has 0 radical (unpaired) electrons. The first-order chi connectivity index (χ1) is 12.3. The number of primary amides is 1. The summed E-state index contributed by atoms with van der Waals surface area (Å²) in [6.07, 6.45) is -0.955. The van der Waals surface area contributed by atoms with Gasteiger partial charge in [0.15, 0.2) is 6.10 Å². The second-order valence-corrected chi connectivity index (χ2v) is 6.79. The van der Waals surface area contributed by atoms with Crippen molar-refractivity contribution in [3.8, 4) is 0 Å². The lowest BCUT2D eigenvalue weighted by atomic mass is 10.2. The Morgan fingerprint density at radius 2 is 1.73 bits per heavy atom. The summed E-state index contributed by atoms with van der Waals surface area (Å²) in [4.78, 5) is 35.8. The largest absolute Gasteiger partial charge is 0.452 e. The summed E-state index contributed by atoms with van der Waals surface area (Å²) >= 11 is 7.09. The summed E-state index contributed by atoms with van der Waals surface area (Å²) in [5, 5.41) is 3.22. The minimum Gasteiger partial charge on any atom is -0.452 e. The van der Waals surface area contributed by atoms with Crippen LogP contribution in [0.15, 0.2) is 53.4 Å². The lowest BCUT2D eigenvalue weighted by Crippen LogP contribution is -2.30. The standard InChI is InChI=1S/C18H17ClN2O4S/c1-11(18(24)21-14-6-2-12(3-7-14)17(20)23)25-16(22)10-26-15-8-4-13(19)5-9-15/h2-9,11H,10H2,1H3,(H2,20,23)(H,21,24). The number of carbonyl (C=O) groups excluding carboxylic acids is 3. The Kier molecular flexibility index (Phi) is 7.06. The van der Waals surface area contributed by atoms with Crippen LogP contribution >= 0.6 is 23.4 Å². The Labute approximate surface area is 160 Å². The number of thioether (sulfide) groups is 1. The number of rotatable bonds is 7. The van der Waals surface area contributed by atoms with E-state index in [0.29, 0.717) is 16.3 Å². The molecule has 0 saturated heterocycles. The maximum atomic E-state index is 12.1. The molecule has 0 bridgehead atoms. The SMILES string of the molecule is CC(OC(=O)CSc1ccc(Cl)cc1)C(=O)Nc1ccc(C(N)=O)cc1. The van der Waals surface area contributed by atoms with Gasteiger partial charge < -0.3 is 15.8 Å². The number of carbonyl (C=O) groups is 3. The number of anilines is 1. The van der Waals surface area contributed by atoms with Gasteiger partial charge in [-0.2, -0.15) is 0 Å². The van der Waals surface area contributed by atoms with Crippen molar-refractivity contribution in [3.05, 3.63) is 59.1 Å². The van der Waals surface area contributed by atoms with Crippen molar-refractivity contribution in [2.45, 2.75) is 17.9 Å². The predicted molar refractivity (Wildman–Crippen MR) is 101 cm³/mol. The van der Waals surface area contributed by atoms with Crippen LogP contribution in [0.25, 0.3) is 0 Å². The summed E-state index contributed by atoms with van der Waals surface area (Å²) in [7, 11) is 0. The maximum Gasteiger partial charge on any atom is 0.317 e. The van der Waals surface area contributed by atoms with E-state index in [-0.39, 0.29) is 5.75 Å². The highest BCUT2D eigenvalue weighted by molar-refractivity contribution is 8.00. The lowest BCUT2D eigenvalue weighted by molar-refractivity contribution is -0.150. The first-order valence-electron chi connectivity index (χ1n) is 7.63. The fourth-order valence-corrected chi connectivity index (χ4v) is 2.73. The molecule has 1 unspecified atom stereocenters. The molecule has 136 valence electrons. The Morgan fingerprint density at radius 3 is 2.31 bits per heavy atom. The Bertz CT molecular complexity index is 794. The number of nitrogens with two attached hydrogens (primary N) is 1. The van der Waals surface area contributed by atoms with E-state index in [1.54, 1.807) is 36.4 Å². The molecule has 2 aromatic carbocycles. The highest BCUT2D eigenvalue weighted by Crippen LogP contribution is 2.20. The fourth-order valence-electron chi connectivity index (χ4n) is 1.92. The molecule has 0 heterocycles. The predicted octanol–water partition coefficient (Wildman–Crippen LogP) is 3.10. The molecule has 6 nitrogen and oxygen atoms in total. The van der Waals surface area contributed by atoms with Crippen molar-refractivity contribution in [1.82, 2.24) is 0 Å². The Morgan fingerprint density at radius 1 is 1.12 bits per heavy atom. The Balaban J connectivity index is 1.80. The highest BCUT2D eigenvalue weighted by Gasteiger charge is 2.18. The topological polar surface area (TPSA) is 98.5 Å². The average Bonchev–Trinajstić information content (AvgIpc) is 2.61. The minimum atomic E-state index is -0.955. The van der Waals surface area contributed by atoms with Crippen LogP contribution in [0.5, 0.6) is 0 Å². The van der Waals surface area contributed by atoms with Crippen molar-refractivity contribution >= 4 is 46.8 Å². The number of ether oxygens (including phenoxy) is 1. The Hall–Kier alpha value is -2.51. The first-order valence-corrected chi connectivity index (χ1v) is 9.00. The molecule has 0 saturated carbocycles. The van der Waals surface area contributed by atoms with Gasteiger partial charge in [0, 0.05) is 21.2 Å². The van der Waals surface area contributed by atoms with Crippen LogP contribution in [-0.4, -0.2) is 29.6 Å². The zero-order valence-electron chi connectivity index (χ0n) is 13.9. The van der Waals surface area contributed by atoms with E-state index in [4.69, 9.17) is 22.1 Å². The van der Waals surface area contributed by atoms with Gasteiger partial charge in [-0.3, -0.25) is 14.4 Å². The van der Waals surface area contributed by atoms with Gasteiger partial charge in [-0.05, 0) is 55.5 Å². The zero-order chi connectivity index (χ0) is 19.1. The van der Waals surface area contributed by atoms with Crippen LogP contribution in [0, 0.1) is 0 Å². The molecule has 3 N–H and O–H groups in total. The van der Waals surface area contributed by atoms with Crippen LogP contribution in [0.2, 0.25) is 5.02 Å². The van der Waals surface area contributed by atoms with Crippen molar-refractivity contribution in [1.29, 1.82) is 0 Å². The molecule has 2 aromatic rings. The monoisotopic (exact) mass is 392 g/mol. The van der Waals surface area contributed by atoms with E-state index in [1.165, 1.54) is 30.8 Å². The molecular weight excluding hydrogens is 376 g/mol. The molecule has 0 fully saturated rings. The third kappa shape index (κ3) is 6.09. The average molecular weight is 393 g/mol. The van der Waals surface area contributed by atoms with Gasteiger partial charge in [0.25, 0.3) is 5.91 Å². The normalized spacial score (nSPS) is 11.5. The van der Waals surface area contributed by atoms with E-state index in [9.17, 15) is 14.4 Å². The third-order valence-corrected chi connectivity index (χ3v) is 4.52. The van der Waals surface area contributed by atoms with E-state index in [2.05, 4.69) is 5.32 Å². The summed E-state index contributed by atoms with van der Waals surface area (Å²) < 4.78 is 5.12. The number of esters is 1. The van der Waals surface area contributed by atoms with Crippen LogP contribution < -0.4 is 11.1 Å². The molecule has 0 aliphatic heterocycles. The molecule has 26 heavy (non-hydrogen) atoms. The van der Waals surface area contributed by atoms with Crippen molar-refractivity contribution < 1.29 is 19.1 Å². The quantitative estimate of drug-likeness (QED) is 0.557. The van der Waals surface area contributed by atoms with Gasteiger partial charge in [0.2, 0.25) is 5.91 Å². The molecular formula is C18H17ClN2O4S. The minimum absolute atomic E-state index is 0.0760. The van der Waals surface area contributed by atoms with E-state index in [1.807, 2.05) is 0 Å². The molecule has 0 aromatic heterocycles. The summed E-state index contributed by atoms with van der Waals surface area (Å²) in [5.74, 6) is -1.45. The van der Waals surface area contributed by atoms with E-state index in [0.717, 1.165) is 4.90 Å². The summed E-state index contributed by atoms with van der Waals surface area (Å²) in [6, 6.07) is 13.1. The van der Waals surface area contributed by atoms with Crippen molar-refractivity contribution in [2.24, 2.45) is 5.73 Å². The molecule has 1 atom stereocenters. The smallest absolute Gasteiger partial charge is 0.317 e. The molecule has 2 amide bonds. The zero-order valence-corrected chi connectivity index (χ0v) is 15.5. The summed E-state index contributed by atoms with van der Waals surface area (Å²) in [6.45, 7) is 1.48. The van der Waals surface area contributed by atoms with Gasteiger partial charge in [-0.25, -0.2) is 0 Å². The van der Waals surface area contributed by atoms with Gasteiger partial charge in [0.1, 0.15) is 0 Å². The number of hydrogen-bond donors (Lipinski definition) is 2. The highest BCUT2D eigenvalue weighted by atomic mass is 35.5. The second-order valence-electron chi connectivity index (χ2n) is 5.31. The van der Waals surface area contributed by atoms with Crippen molar-refractivity contribution in [3.63, 3.8) is 0 Å². The van der Waals surface area contributed by atoms with Crippen LogP contribution in [0.3, 0.4) is 0 Å². The third-order valence-electron chi connectivity index (χ3n) is 3.28. The number of nitrogens with one attached hydrogen (secondary N) is 1. The van der Waals surface area contributed by atoms with Gasteiger partial charge in [-0.15, -0.1) is 11.8 Å². The summed E-state index contributed by atoms with van der Waals surface area (Å²) in [5.41, 5.74) is 5.96. The van der Waals surface area contributed by atoms with E-state index < -0.39 is 23.9 Å². The number of amides is 2. The van der Waals surface area contributed by atoms with Gasteiger partial charge in [0.05, 0.1) is 5.75 Å². The van der Waals surface area contributed by atoms with Crippen LogP contribution in [0.4, 0.5) is 5.69 Å². The van der Waals surface area contributed by atoms with Crippen LogP contribution in [0.1, 0.15) is 17.3 Å². The molecule has 8 heteroatoms. The number of halogens is 1. The fraction of sp³-hybridized carbons (Fsp3) is 0.167. The lowest BCUT2D eigenvalue weighted by Gasteiger charge is -2.13. The molecule has 0 aliphatic carbocycles.